The van der Waals surface area contributed by atoms with Gasteiger partial charge in [-0.3, -0.25) is 9.59 Å². The maximum Gasteiger partial charge on any atom is 0.294 e. The Hall–Kier alpha value is -3.34. The Bertz CT molecular complexity index is 1030. The van der Waals surface area contributed by atoms with Crippen molar-refractivity contribution in [3.8, 4) is 0 Å². The van der Waals surface area contributed by atoms with E-state index in [0.717, 1.165) is 16.9 Å². The molecule has 0 saturated carbocycles. The molecule has 2 atom stereocenters. The van der Waals surface area contributed by atoms with Crippen LogP contribution in [-0.2, 0) is 4.79 Å². The van der Waals surface area contributed by atoms with Gasteiger partial charge in [0, 0.05) is 23.3 Å². The first-order valence-electron chi connectivity index (χ1n) is 10.3. The summed E-state index contributed by atoms with van der Waals surface area (Å²) in [4.78, 5) is 30.1. The molecule has 0 radical (unpaired) electrons. The van der Waals surface area contributed by atoms with E-state index in [2.05, 4.69) is 0 Å². The predicted molar refractivity (Wildman–Crippen MR) is 118 cm³/mol. The number of rotatable bonds is 4. The number of amides is 2. The van der Waals surface area contributed by atoms with Gasteiger partial charge in [0.25, 0.3) is 5.91 Å². The molecule has 154 valence electrons. The van der Waals surface area contributed by atoms with Gasteiger partial charge < -0.3 is 14.2 Å². The van der Waals surface area contributed by atoms with Crippen molar-refractivity contribution in [2.24, 2.45) is 5.92 Å². The fraction of sp³-hybridized carbons (Fsp3) is 0.280. The topological polar surface area (TPSA) is 53.8 Å². The van der Waals surface area contributed by atoms with Gasteiger partial charge in [0.05, 0.1) is 12.3 Å². The zero-order valence-electron chi connectivity index (χ0n) is 17.5. The second kappa shape index (κ2) is 8.19. The van der Waals surface area contributed by atoms with Crippen molar-refractivity contribution in [1.82, 2.24) is 0 Å². The second-order valence-corrected chi connectivity index (χ2v) is 8.01. The molecule has 2 amide bonds. The van der Waals surface area contributed by atoms with Crippen LogP contribution in [0.4, 0.5) is 11.4 Å². The summed E-state index contributed by atoms with van der Waals surface area (Å²) < 4.78 is 5.37. The van der Waals surface area contributed by atoms with E-state index in [0.29, 0.717) is 12.2 Å². The van der Waals surface area contributed by atoms with Gasteiger partial charge in [-0.2, -0.15) is 0 Å². The van der Waals surface area contributed by atoms with E-state index in [9.17, 15) is 9.59 Å². The van der Waals surface area contributed by atoms with Crippen molar-refractivity contribution in [3.05, 3.63) is 84.3 Å². The third kappa shape index (κ3) is 3.52. The van der Waals surface area contributed by atoms with Gasteiger partial charge >= 0.3 is 0 Å². The molecule has 0 spiro atoms. The van der Waals surface area contributed by atoms with Crippen LogP contribution in [0.25, 0.3) is 0 Å². The number of hydrogen-bond acceptors (Lipinski definition) is 3. The molecular formula is C25H26N2O3. The molecule has 0 saturated heterocycles. The number of nitrogens with zero attached hydrogens (tertiary/aromatic N) is 2. The maximum absolute atomic E-state index is 13.3. The van der Waals surface area contributed by atoms with Crippen LogP contribution in [0.5, 0.6) is 0 Å². The van der Waals surface area contributed by atoms with E-state index in [4.69, 9.17) is 4.42 Å². The molecule has 2 unspecified atom stereocenters. The monoisotopic (exact) mass is 402 g/mol. The van der Waals surface area contributed by atoms with Crippen LogP contribution in [0.1, 0.15) is 49.4 Å². The third-order valence-electron chi connectivity index (χ3n) is 5.59. The van der Waals surface area contributed by atoms with Gasteiger partial charge in [-0.25, -0.2) is 0 Å². The number of furan rings is 1. The standard InChI is InChI=1S/C25H26N2O3/c1-17(2)24(28)27(19-10-5-4-6-11-19)22-16-18(3)26(21-13-8-7-12-20(21)22)25(29)23-14-9-15-30-23/h4-15,17-18,22H,16H2,1-3H3. The predicted octanol–water partition coefficient (Wildman–Crippen LogP) is 5.45. The number of hydrogen-bond donors (Lipinski definition) is 0. The summed E-state index contributed by atoms with van der Waals surface area (Å²) >= 11 is 0. The van der Waals surface area contributed by atoms with E-state index >= 15 is 0 Å². The number of carbonyl (C=O) groups excluding carboxylic acids is 2. The molecule has 2 aromatic carbocycles. The molecule has 5 heteroatoms. The van der Waals surface area contributed by atoms with Crippen LogP contribution >= 0.6 is 0 Å². The Morgan fingerprint density at radius 3 is 2.37 bits per heavy atom. The van der Waals surface area contributed by atoms with Crippen LogP contribution in [-0.4, -0.2) is 17.9 Å². The first-order chi connectivity index (χ1) is 14.5. The normalized spacial score (nSPS) is 18.2. The second-order valence-electron chi connectivity index (χ2n) is 8.01. The zero-order chi connectivity index (χ0) is 21.3. The highest BCUT2D eigenvalue weighted by Gasteiger charge is 2.39. The molecule has 0 N–H and O–H groups in total. The first-order valence-corrected chi connectivity index (χ1v) is 10.3. The molecular weight excluding hydrogens is 376 g/mol. The lowest BCUT2D eigenvalue weighted by Gasteiger charge is -2.43. The molecule has 5 nitrogen and oxygen atoms in total. The van der Waals surface area contributed by atoms with E-state index in [1.807, 2.05) is 80.3 Å². The molecule has 0 aliphatic carbocycles. The summed E-state index contributed by atoms with van der Waals surface area (Å²) in [5, 5.41) is 0. The Balaban J connectivity index is 1.81. The van der Waals surface area contributed by atoms with Gasteiger partial charge in [0.15, 0.2) is 5.76 Å². The highest BCUT2D eigenvalue weighted by Crippen LogP contribution is 2.43. The Labute approximate surface area is 176 Å². The fourth-order valence-corrected chi connectivity index (χ4v) is 4.18. The Morgan fingerprint density at radius 1 is 1.00 bits per heavy atom. The quantitative estimate of drug-likeness (QED) is 0.583. The van der Waals surface area contributed by atoms with Crippen molar-refractivity contribution in [1.29, 1.82) is 0 Å². The molecule has 0 fully saturated rings. The average Bonchev–Trinajstić information content (AvgIpc) is 3.29. The van der Waals surface area contributed by atoms with Crippen LogP contribution in [0.15, 0.2) is 77.4 Å². The number of benzene rings is 2. The van der Waals surface area contributed by atoms with Crippen LogP contribution in [0, 0.1) is 5.92 Å². The maximum atomic E-state index is 13.3. The third-order valence-corrected chi connectivity index (χ3v) is 5.59. The van der Waals surface area contributed by atoms with Crippen LogP contribution < -0.4 is 9.80 Å². The van der Waals surface area contributed by atoms with Gasteiger partial charge in [-0.15, -0.1) is 0 Å². The average molecular weight is 402 g/mol. The number of para-hydroxylation sites is 2. The van der Waals surface area contributed by atoms with Crippen LogP contribution in [0.3, 0.4) is 0 Å². The largest absolute Gasteiger partial charge is 0.459 e. The molecule has 3 aromatic rings. The van der Waals surface area contributed by atoms with E-state index in [1.54, 1.807) is 17.0 Å². The summed E-state index contributed by atoms with van der Waals surface area (Å²) in [6.45, 7) is 5.86. The molecule has 2 heterocycles. The van der Waals surface area contributed by atoms with Gasteiger partial charge in [0.1, 0.15) is 0 Å². The lowest BCUT2D eigenvalue weighted by Crippen LogP contribution is -2.48. The fourth-order valence-electron chi connectivity index (χ4n) is 4.18. The molecule has 1 aliphatic rings. The van der Waals surface area contributed by atoms with Gasteiger partial charge in [-0.05, 0) is 49.2 Å². The van der Waals surface area contributed by atoms with E-state index in [1.165, 1.54) is 6.26 Å². The number of anilines is 2. The molecule has 1 aromatic heterocycles. The molecule has 0 bridgehead atoms. The van der Waals surface area contributed by atoms with Gasteiger partial charge in [-0.1, -0.05) is 50.2 Å². The van der Waals surface area contributed by atoms with Crippen molar-refractivity contribution < 1.29 is 14.0 Å². The number of carbonyl (C=O) groups is 2. The van der Waals surface area contributed by atoms with Crippen molar-refractivity contribution in [2.75, 3.05) is 9.80 Å². The first kappa shape index (κ1) is 20.0. The minimum Gasteiger partial charge on any atom is -0.459 e. The number of fused-ring (bicyclic) bond motifs is 1. The Kier molecular flexibility index (Phi) is 5.44. The summed E-state index contributed by atoms with van der Waals surface area (Å²) in [6.07, 6.45) is 2.14. The lowest BCUT2D eigenvalue weighted by molar-refractivity contribution is -0.122. The minimum atomic E-state index is -0.167. The molecule has 1 aliphatic heterocycles. The van der Waals surface area contributed by atoms with E-state index < -0.39 is 0 Å². The highest BCUT2D eigenvalue weighted by atomic mass is 16.3. The highest BCUT2D eigenvalue weighted by molar-refractivity contribution is 6.06. The smallest absolute Gasteiger partial charge is 0.294 e. The van der Waals surface area contributed by atoms with Crippen LogP contribution in [0.2, 0.25) is 0 Å². The Morgan fingerprint density at radius 2 is 1.70 bits per heavy atom. The summed E-state index contributed by atoms with van der Waals surface area (Å²) in [7, 11) is 0. The summed E-state index contributed by atoms with van der Waals surface area (Å²) in [5.41, 5.74) is 2.66. The zero-order valence-corrected chi connectivity index (χ0v) is 17.5. The van der Waals surface area contributed by atoms with Gasteiger partial charge in [0.2, 0.25) is 5.91 Å². The van der Waals surface area contributed by atoms with E-state index in [-0.39, 0.29) is 29.8 Å². The molecule has 30 heavy (non-hydrogen) atoms. The van der Waals surface area contributed by atoms with Crippen molar-refractivity contribution in [2.45, 2.75) is 39.3 Å². The van der Waals surface area contributed by atoms with Crippen molar-refractivity contribution >= 4 is 23.2 Å². The summed E-state index contributed by atoms with van der Waals surface area (Å²) in [5.74, 6) is 0.0718. The SMILES string of the molecule is CC(C)C(=O)N(c1ccccc1)C1CC(C)N(C(=O)c2ccco2)c2ccccc21. The van der Waals surface area contributed by atoms with Crippen molar-refractivity contribution in [3.63, 3.8) is 0 Å². The lowest BCUT2D eigenvalue weighted by atomic mass is 9.89. The molecule has 4 rings (SSSR count). The summed E-state index contributed by atoms with van der Waals surface area (Å²) in [6, 6.07) is 20.7. The minimum absolute atomic E-state index is 0.0685.